The number of allylic oxidation sites excluding steroid dienone is 15. The van der Waals surface area contributed by atoms with E-state index in [4.69, 9.17) is 14.2 Å². The van der Waals surface area contributed by atoms with E-state index in [1.54, 1.807) is 6.08 Å². The summed E-state index contributed by atoms with van der Waals surface area (Å²) in [4.78, 5) is 38.3. The molecular weight excluding hydrogens is 973 g/mol. The van der Waals surface area contributed by atoms with Crippen molar-refractivity contribution in [3.63, 3.8) is 0 Å². The number of ether oxygens (including phenoxy) is 3. The van der Waals surface area contributed by atoms with Gasteiger partial charge in [-0.1, -0.05) is 323 Å². The molecule has 0 aliphatic rings. The monoisotopic (exact) mass is 1100 g/mol. The topological polar surface area (TPSA) is 78.9 Å². The Morgan fingerprint density at radius 2 is 0.544 bits per heavy atom. The van der Waals surface area contributed by atoms with Crippen molar-refractivity contribution in [3.8, 4) is 0 Å². The van der Waals surface area contributed by atoms with Gasteiger partial charge in [-0.25, -0.2) is 0 Å². The van der Waals surface area contributed by atoms with Gasteiger partial charge in [0, 0.05) is 12.8 Å². The predicted octanol–water partition coefficient (Wildman–Crippen LogP) is 23.2. The van der Waals surface area contributed by atoms with Gasteiger partial charge in [0.25, 0.3) is 0 Å². The Bertz CT molecular complexity index is 1540. The van der Waals surface area contributed by atoms with E-state index in [-0.39, 0.29) is 31.6 Å². The molecule has 79 heavy (non-hydrogen) atoms. The normalized spacial score (nSPS) is 12.7. The highest BCUT2D eigenvalue weighted by Gasteiger charge is 2.19. The zero-order valence-electron chi connectivity index (χ0n) is 52.1. The van der Waals surface area contributed by atoms with E-state index in [1.807, 2.05) is 6.08 Å². The fraction of sp³-hybridized carbons (Fsp3) is 0.740. The van der Waals surface area contributed by atoms with Crippen LogP contribution < -0.4 is 0 Å². The fourth-order valence-corrected chi connectivity index (χ4v) is 9.58. The SMILES string of the molecule is CC/C=C\C/C=C\C/C=C\C/C=C\C/C=C\CC(=O)OCC(COC(=O)CCCCCCCCCCCCCCCC/C=C\C/C=C\C/C=C\CCCCCCC)OC(=O)CCCCCCCCCCCCCCCCCCC. The Kier molecular flexibility index (Phi) is 63.7. The number of unbranched alkanes of at least 4 members (excludes halogenated alkanes) is 35. The molecule has 1 atom stereocenters. The molecule has 1 unspecified atom stereocenters. The van der Waals surface area contributed by atoms with Gasteiger partial charge >= 0.3 is 17.9 Å². The third-order valence-corrected chi connectivity index (χ3v) is 14.6. The molecule has 0 heterocycles. The van der Waals surface area contributed by atoms with E-state index >= 15 is 0 Å². The third kappa shape index (κ3) is 65.0. The molecule has 0 aromatic rings. The molecule has 454 valence electrons. The molecule has 0 aromatic heterocycles. The lowest BCUT2D eigenvalue weighted by atomic mass is 10.0. The highest BCUT2D eigenvalue weighted by atomic mass is 16.6. The quantitative estimate of drug-likeness (QED) is 0.0261. The second-order valence-corrected chi connectivity index (χ2v) is 22.4. The molecule has 0 saturated carbocycles. The van der Waals surface area contributed by atoms with Crippen LogP contribution in [-0.2, 0) is 28.6 Å². The maximum atomic E-state index is 12.9. The van der Waals surface area contributed by atoms with Crippen molar-refractivity contribution < 1.29 is 28.6 Å². The summed E-state index contributed by atoms with van der Waals surface area (Å²) in [6.07, 6.45) is 90.3. The van der Waals surface area contributed by atoms with Gasteiger partial charge in [0.05, 0.1) is 6.42 Å². The van der Waals surface area contributed by atoms with E-state index in [0.29, 0.717) is 12.8 Å². The van der Waals surface area contributed by atoms with E-state index < -0.39 is 12.1 Å². The highest BCUT2D eigenvalue weighted by Crippen LogP contribution is 2.17. The zero-order chi connectivity index (χ0) is 57.1. The largest absolute Gasteiger partial charge is 0.462 e. The first-order valence-electron chi connectivity index (χ1n) is 33.7. The van der Waals surface area contributed by atoms with Crippen molar-refractivity contribution in [2.75, 3.05) is 13.2 Å². The molecule has 6 heteroatoms. The van der Waals surface area contributed by atoms with Crippen LogP contribution in [-0.4, -0.2) is 37.2 Å². The molecule has 0 aliphatic heterocycles. The Morgan fingerprint density at radius 1 is 0.278 bits per heavy atom. The second kappa shape index (κ2) is 66.8. The first-order chi connectivity index (χ1) is 39.0. The van der Waals surface area contributed by atoms with Crippen LogP contribution in [0.4, 0.5) is 0 Å². The maximum absolute atomic E-state index is 12.9. The first-order valence-corrected chi connectivity index (χ1v) is 33.7. The molecule has 6 nitrogen and oxygen atoms in total. The smallest absolute Gasteiger partial charge is 0.309 e. The lowest BCUT2D eigenvalue weighted by Gasteiger charge is -2.18. The maximum Gasteiger partial charge on any atom is 0.309 e. The molecule has 0 bridgehead atoms. The van der Waals surface area contributed by atoms with Crippen LogP contribution in [0, 0.1) is 0 Å². The van der Waals surface area contributed by atoms with Crippen molar-refractivity contribution in [1.82, 2.24) is 0 Å². The number of hydrogen-bond donors (Lipinski definition) is 0. The molecule has 0 fully saturated rings. The van der Waals surface area contributed by atoms with Crippen molar-refractivity contribution in [2.45, 2.75) is 335 Å². The minimum absolute atomic E-state index is 0.105. The van der Waals surface area contributed by atoms with Crippen LogP contribution in [0.1, 0.15) is 329 Å². The highest BCUT2D eigenvalue weighted by molar-refractivity contribution is 5.72. The van der Waals surface area contributed by atoms with Crippen LogP contribution in [0.2, 0.25) is 0 Å². The molecule has 0 rings (SSSR count). The van der Waals surface area contributed by atoms with Gasteiger partial charge in [0.1, 0.15) is 13.2 Å². The van der Waals surface area contributed by atoms with E-state index in [9.17, 15) is 14.4 Å². The van der Waals surface area contributed by atoms with Gasteiger partial charge < -0.3 is 14.2 Å². The predicted molar refractivity (Wildman–Crippen MR) is 344 cm³/mol. The Morgan fingerprint density at radius 3 is 0.886 bits per heavy atom. The van der Waals surface area contributed by atoms with E-state index in [2.05, 4.69) is 106 Å². The summed E-state index contributed by atoms with van der Waals surface area (Å²) < 4.78 is 16.8. The van der Waals surface area contributed by atoms with Crippen LogP contribution in [0.5, 0.6) is 0 Å². The van der Waals surface area contributed by atoms with Crippen LogP contribution in [0.15, 0.2) is 97.2 Å². The average molecular weight is 1100 g/mol. The Hall–Kier alpha value is -3.67. The van der Waals surface area contributed by atoms with Gasteiger partial charge in [0.15, 0.2) is 6.10 Å². The Labute approximate surface area is 489 Å². The van der Waals surface area contributed by atoms with Crippen molar-refractivity contribution >= 4 is 17.9 Å². The summed E-state index contributed by atoms with van der Waals surface area (Å²) >= 11 is 0. The summed E-state index contributed by atoms with van der Waals surface area (Å²) in [5.41, 5.74) is 0. The van der Waals surface area contributed by atoms with Crippen molar-refractivity contribution in [2.24, 2.45) is 0 Å². The standard InChI is InChI=1S/C73H126O6/c1-4-7-10-13-16-19-22-25-28-30-31-32-33-34-35-36-37-38-39-40-41-43-45-48-51-54-57-60-63-66-72(75)78-69-70(68-77-71(74)65-62-59-56-53-50-47-44-27-24-21-18-15-12-9-6-3)79-73(76)67-64-61-58-55-52-49-46-42-29-26-23-20-17-14-11-8-5-2/h9,12,18,21-22,25,27,30-31,33-34,44,50,53,59,62,70H,4-8,10-11,13-17,19-20,23-24,26,28-29,32,35-43,45-49,51-52,54-58,60-61,63-69H2,1-3H3/b12-9-,21-18-,25-22-,31-30-,34-33-,44-27-,53-50-,62-59-. The molecule has 0 spiro atoms. The van der Waals surface area contributed by atoms with Crippen LogP contribution >= 0.6 is 0 Å². The Balaban J connectivity index is 4.31. The fourth-order valence-electron chi connectivity index (χ4n) is 9.58. The molecule has 0 radical (unpaired) electrons. The third-order valence-electron chi connectivity index (χ3n) is 14.6. The molecule has 0 amide bonds. The molecule has 0 N–H and O–H groups in total. The summed E-state index contributed by atoms with van der Waals surface area (Å²) in [6, 6.07) is 0. The van der Waals surface area contributed by atoms with Gasteiger partial charge in [-0.3, -0.25) is 14.4 Å². The number of carbonyl (C=O) groups is 3. The number of carbonyl (C=O) groups excluding carboxylic acids is 3. The van der Waals surface area contributed by atoms with Gasteiger partial charge in [-0.2, -0.15) is 0 Å². The molecular formula is C73H126O6. The molecule has 0 saturated heterocycles. The summed E-state index contributed by atoms with van der Waals surface area (Å²) in [6.45, 7) is 6.46. The molecule has 0 aromatic carbocycles. The van der Waals surface area contributed by atoms with E-state index in [0.717, 1.165) is 83.5 Å². The van der Waals surface area contributed by atoms with Crippen molar-refractivity contribution in [3.05, 3.63) is 97.2 Å². The van der Waals surface area contributed by atoms with E-state index in [1.165, 1.54) is 205 Å². The van der Waals surface area contributed by atoms with Gasteiger partial charge in [0.2, 0.25) is 0 Å². The number of rotatable bonds is 61. The summed E-state index contributed by atoms with van der Waals surface area (Å²) in [7, 11) is 0. The lowest BCUT2D eigenvalue weighted by molar-refractivity contribution is -0.166. The lowest BCUT2D eigenvalue weighted by Crippen LogP contribution is -2.30. The number of hydrogen-bond acceptors (Lipinski definition) is 6. The van der Waals surface area contributed by atoms with Gasteiger partial charge in [-0.05, 0) is 83.5 Å². The minimum Gasteiger partial charge on any atom is -0.462 e. The van der Waals surface area contributed by atoms with Crippen LogP contribution in [0.3, 0.4) is 0 Å². The summed E-state index contributed by atoms with van der Waals surface area (Å²) in [5, 5.41) is 0. The summed E-state index contributed by atoms with van der Waals surface area (Å²) in [5.74, 6) is -1.03. The number of esters is 3. The van der Waals surface area contributed by atoms with Gasteiger partial charge in [-0.15, -0.1) is 0 Å². The molecule has 0 aliphatic carbocycles. The minimum atomic E-state index is -0.817. The average Bonchev–Trinajstić information content (AvgIpc) is 3.45. The zero-order valence-corrected chi connectivity index (χ0v) is 52.1. The van der Waals surface area contributed by atoms with Crippen molar-refractivity contribution in [1.29, 1.82) is 0 Å². The van der Waals surface area contributed by atoms with Crippen LogP contribution in [0.25, 0.3) is 0 Å². The second-order valence-electron chi connectivity index (χ2n) is 22.4. The first kappa shape index (κ1) is 75.3.